The molecule has 1 atom stereocenters. The van der Waals surface area contributed by atoms with Gasteiger partial charge >= 0.3 is 0 Å². The van der Waals surface area contributed by atoms with Gasteiger partial charge in [-0.15, -0.1) is 12.4 Å². The molecule has 2 heterocycles. The summed E-state index contributed by atoms with van der Waals surface area (Å²) in [4.78, 5) is 6.75. The van der Waals surface area contributed by atoms with E-state index in [0.29, 0.717) is 23.2 Å². The molecule has 0 spiro atoms. The van der Waals surface area contributed by atoms with E-state index < -0.39 is 0 Å². The van der Waals surface area contributed by atoms with Crippen LogP contribution in [0.5, 0.6) is 11.5 Å². The maximum Gasteiger partial charge on any atom is 0.258 e. The lowest BCUT2D eigenvalue weighted by Crippen LogP contribution is -2.44. The van der Waals surface area contributed by atoms with Crippen molar-refractivity contribution in [3.05, 3.63) is 24.0 Å². The Morgan fingerprint density at radius 3 is 2.52 bits per heavy atom. The summed E-state index contributed by atoms with van der Waals surface area (Å²) in [5, 5.41) is 7.47. The van der Waals surface area contributed by atoms with E-state index in [2.05, 4.69) is 27.4 Å². The summed E-state index contributed by atoms with van der Waals surface area (Å²) in [6, 6.07) is 5.63. The Morgan fingerprint density at radius 1 is 1.22 bits per heavy atom. The van der Waals surface area contributed by atoms with E-state index >= 15 is 0 Å². The molecule has 0 bridgehead atoms. The fourth-order valence-electron chi connectivity index (χ4n) is 2.51. The van der Waals surface area contributed by atoms with Gasteiger partial charge in [-0.05, 0) is 19.2 Å². The molecule has 0 aliphatic carbocycles. The highest BCUT2D eigenvalue weighted by Crippen LogP contribution is 2.29. The lowest BCUT2D eigenvalue weighted by atomic mass is 10.2. The number of ether oxygens (including phenoxy) is 2. The van der Waals surface area contributed by atoms with Gasteiger partial charge in [-0.1, -0.05) is 5.16 Å². The van der Waals surface area contributed by atoms with E-state index in [9.17, 15) is 0 Å². The molecule has 8 heteroatoms. The van der Waals surface area contributed by atoms with Crippen LogP contribution in [0.4, 0.5) is 0 Å². The molecule has 0 radical (unpaired) electrons. The van der Waals surface area contributed by atoms with Crippen molar-refractivity contribution in [2.45, 2.75) is 6.04 Å². The molecule has 7 nitrogen and oxygen atoms in total. The number of methoxy groups -OCH3 is 2. The molecular weight excluding hydrogens is 320 g/mol. The van der Waals surface area contributed by atoms with E-state index in [1.807, 2.05) is 12.1 Å². The average Bonchev–Trinajstić information content (AvgIpc) is 3.04. The highest BCUT2D eigenvalue weighted by Gasteiger charge is 2.25. The number of nitrogens with zero attached hydrogens (tertiary/aromatic N) is 3. The van der Waals surface area contributed by atoms with Gasteiger partial charge in [0.25, 0.3) is 5.89 Å². The molecule has 3 rings (SSSR count). The molecule has 1 aromatic carbocycles. The third-order valence-electron chi connectivity index (χ3n) is 3.85. The number of rotatable bonds is 4. The number of hydrogen-bond acceptors (Lipinski definition) is 7. The fraction of sp³-hybridized carbons (Fsp3) is 0.467. The standard InChI is InChI=1S/C15H20N4O3.ClH/c1-19-5-4-16-9-13(19)14-17-15(22-18-14)10-6-11(20-2)8-12(7-10)21-3;/h6-8,13,16H,4-5,9H2,1-3H3;1H. The number of piperazine rings is 1. The third kappa shape index (κ3) is 3.74. The Morgan fingerprint density at radius 2 is 1.91 bits per heavy atom. The maximum atomic E-state index is 5.42. The number of hydrogen-bond donors (Lipinski definition) is 1. The van der Waals surface area contributed by atoms with E-state index in [0.717, 1.165) is 25.2 Å². The Kier molecular flexibility index (Phi) is 5.81. The van der Waals surface area contributed by atoms with Crippen molar-refractivity contribution in [3.8, 4) is 23.0 Å². The molecule has 126 valence electrons. The topological polar surface area (TPSA) is 72.7 Å². The second kappa shape index (κ2) is 7.63. The van der Waals surface area contributed by atoms with E-state index in [1.54, 1.807) is 20.3 Å². The van der Waals surface area contributed by atoms with Crippen LogP contribution in [0.25, 0.3) is 11.5 Å². The number of nitrogens with one attached hydrogen (secondary N) is 1. The monoisotopic (exact) mass is 340 g/mol. The summed E-state index contributed by atoms with van der Waals surface area (Å²) in [7, 11) is 5.29. The van der Waals surface area contributed by atoms with Crippen molar-refractivity contribution in [3.63, 3.8) is 0 Å². The van der Waals surface area contributed by atoms with Crippen LogP contribution in [0.1, 0.15) is 11.9 Å². The normalized spacial score (nSPS) is 18.3. The Bertz CT molecular complexity index is 627. The molecule has 1 aliphatic rings. The summed E-state index contributed by atoms with van der Waals surface area (Å²) < 4.78 is 16.0. The number of likely N-dealkylation sites (N-methyl/N-ethyl adjacent to an activating group) is 1. The molecule has 23 heavy (non-hydrogen) atoms. The molecule has 1 unspecified atom stereocenters. The summed E-state index contributed by atoms with van der Waals surface area (Å²) >= 11 is 0. The van der Waals surface area contributed by atoms with Gasteiger partial charge in [-0.25, -0.2) is 0 Å². The predicted octanol–water partition coefficient (Wildman–Crippen LogP) is 1.75. The minimum Gasteiger partial charge on any atom is -0.497 e. The first kappa shape index (κ1) is 17.5. The van der Waals surface area contributed by atoms with Crippen LogP contribution in [0.2, 0.25) is 0 Å². The first-order valence-electron chi connectivity index (χ1n) is 7.19. The average molecular weight is 341 g/mol. The van der Waals surface area contributed by atoms with Crippen LogP contribution in [0.3, 0.4) is 0 Å². The quantitative estimate of drug-likeness (QED) is 0.909. The lowest BCUT2D eigenvalue weighted by molar-refractivity contribution is 0.190. The molecule has 0 saturated carbocycles. The van der Waals surface area contributed by atoms with Crippen molar-refractivity contribution in [2.75, 3.05) is 40.9 Å². The molecule has 1 aromatic heterocycles. The number of benzene rings is 1. The zero-order valence-corrected chi connectivity index (χ0v) is 14.2. The second-order valence-corrected chi connectivity index (χ2v) is 5.26. The summed E-state index contributed by atoms with van der Waals surface area (Å²) in [6.07, 6.45) is 0. The SMILES string of the molecule is COc1cc(OC)cc(-c2nc(C3CNCCN3C)no2)c1.Cl. The molecule has 0 amide bonds. The summed E-state index contributed by atoms with van der Waals surface area (Å²) in [5.41, 5.74) is 0.779. The first-order valence-corrected chi connectivity index (χ1v) is 7.19. The van der Waals surface area contributed by atoms with Gasteiger partial charge < -0.3 is 19.3 Å². The van der Waals surface area contributed by atoms with Gasteiger partial charge in [0.05, 0.1) is 20.3 Å². The molecule has 1 saturated heterocycles. The predicted molar refractivity (Wildman–Crippen MR) is 88.3 cm³/mol. The minimum atomic E-state index is 0. The first-order chi connectivity index (χ1) is 10.7. The van der Waals surface area contributed by atoms with Crippen molar-refractivity contribution >= 4 is 12.4 Å². The van der Waals surface area contributed by atoms with Crippen LogP contribution in [0.15, 0.2) is 22.7 Å². The Labute approximate surface area is 141 Å². The number of halogens is 1. The van der Waals surface area contributed by atoms with Crippen molar-refractivity contribution in [2.24, 2.45) is 0 Å². The zero-order valence-electron chi connectivity index (χ0n) is 13.4. The Hall–Kier alpha value is -1.83. The zero-order chi connectivity index (χ0) is 15.5. The number of aromatic nitrogens is 2. The lowest BCUT2D eigenvalue weighted by Gasteiger charge is -2.30. The molecule has 1 fully saturated rings. The second-order valence-electron chi connectivity index (χ2n) is 5.26. The van der Waals surface area contributed by atoms with Crippen molar-refractivity contribution in [1.29, 1.82) is 0 Å². The molecule has 1 aliphatic heterocycles. The largest absolute Gasteiger partial charge is 0.497 e. The molecule has 1 N–H and O–H groups in total. The Balaban J connectivity index is 0.00000192. The van der Waals surface area contributed by atoms with Gasteiger partial charge in [-0.2, -0.15) is 4.98 Å². The molecule has 2 aromatic rings. The minimum absolute atomic E-state index is 0. The van der Waals surface area contributed by atoms with Gasteiger partial charge in [-0.3, -0.25) is 4.90 Å². The van der Waals surface area contributed by atoms with Crippen molar-refractivity contribution in [1.82, 2.24) is 20.4 Å². The van der Waals surface area contributed by atoms with Crippen molar-refractivity contribution < 1.29 is 14.0 Å². The van der Waals surface area contributed by atoms with Gasteiger partial charge in [0.2, 0.25) is 0 Å². The van der Waals surface area contributed by atoms with E-state index in [-0.39, 0.29) is 18.4 Å². The van der Waals surface area contributed by atoms with Gasteiger partial charge in [0.1, 0.15) is 11.5 Å². The van der Waals surface area contributed by atoms with Crippen LogP contribution in [0, 0.1) is 0 Å². The highest BCUT2D eigenvalue weighted by atomic mass is 35.5. The van der Waals surface area contributed by atoms with Crippen LogP contribution in [-0.4, -0.2) is 55.9 Å². The van der Waals surface area contributed by atoms with E-state index in [4.69, 9.17) is 14.0 Å². The van der Waals surface area contributed by atoms with E-state index in [1.165, 1.54) is 0 Å². The van der Waals surface area contributed by atoms with Crippen LogP contribution < -0.4 is 14.8 Å². The summed E-state index contributed by atoms with van der Waals surface area (Å²) in [6.45, 7) is 2.75. The molecular formula is C15H21ClN4O3. The van der Waals surface area contributed by atoms with Gasteiger partial charge in [0, 0.05) is 31.3 Å². The third-order valence-corrected chi connectivity index (χ3v) is 3.85. The smallest absolute Gasteiger partial charge is 0.258 e. The highest BCUT2D eigenvalue weighted by molar-refractivity contribution is 5.85. The maximum absolute atomic E-state index is 5.42. The summed E-state index contributed by atoms with van der Waals surface area (Å²) in [5.74, 6) is 2.52. The fourth-order valence-corrected chi connectivity index (χ4v) is 2.51. The van der Waals surface area contributed by atoms with Crippen LogP contribution >= 0.6 is 12.4 Å². The van der Waals surface area contributed by atoms with Crippen LogP contribution in [-0.2, 0) is 0 Å². The van der Waals surface area contributed by atoms with Gasteiger partial charge in [0.15, 0.2) is 5.82 Å².